The molecule has 6 nitrogen and oxygen atoms in total. The molecule has 0 aliphatic carbocycles. The third-order valence-electron chi connectivity index (χ3n) is 4.28. The van der Waals surface area contributed by atoms with Gasteiger partial charge in [0.05, 0.1) is 25.9 Å². The summed E-state index contributed by atoms with van der Waals surface area (Å²) < 4.78 is 5.30. The summed E-state index contributed by atoms with van der Waals surface area (Å²) in [6.45, 7) is 8.44. The van der Waals surface area contributed by atoms with Crippen LogP contribution < -0.4 is 20.3 Å². The number of likely N-dealkylation sites (tertiary alicyclic amines) is 1. The molecule has 3 atom stereocenters. The number of carbonyl (C=O) groups is 2. The zero-order valence-corrected chi connectivity index (χ0v) is 14.9. The van der Waals surface area contributed by atoms with Gasteiger partial charge in [0.2, 0.25) is 5.91 Å². The first-order valence-electron chi connectivity index (χ1n) is 8.46. The lowest BCUT2D eigenvalue weighted by molar-refractivity contribution is -0.904. The molecule has 3 N–H and O–H groups in total. The first kappa shape index (κ1) is 18.3. The smallest absolute Gasteiger partial charge is 0.279 e. The SMILES string of the molecule is COc1ccc(NC(C)=O)cc1NC(=O)C[NH+]1C[C@H](C)C[C@H](C)C1. The molecule has 0 spiro atoms. The molecule has 132 valence electrons. The molecule has 2 rings (SSSR count). The van der Waals surface area contributed by atoms with Crippen molar-refractivity contribution < 1.29 is 19.2 Å². The highest BCUT2D eigenvalue weighted by Crippen LogP contribution is 2.27. The van der Waals surface area contributed by atoms with Gasteiger partial charge >= 0.3 is 0 Å². The van der Waals surface area contributed by atoms with Crippen LogP contribution in [0.5, 0.6) is 5.75 Å². The summed E-state index contributed by atoms with van der Waals surface area (Å²) >= 11 is 0. The molecule has 1 unspecified atom stereocenters. The van der Waals surface area contributed by atoms with Crippen LogP contribution in [-0.4, -0.2) is 38.6 Å². The Kier molecular flexibility index (Phi) is 6.20. The Hall–Kier alpha value is -2.08. The number of hydrogen-bond donors (Lipinski definition) is 3. The minimum Gasteiger partial charge on any atom is -0.495 e. The van der Waals surface area contributed by atoms with E-state index in [1.54, 1.807) is 25.3 Å². The summed E-state index contributed by atoms with van der Waals surface area (Å²) in [5.41, 5.74) is 1.21. The number of carbonyl (C=O) groups excluding carboxylic acids is 2. The minimum absolute atomic E-state index is 0.0374. The Labute approximate surface area is 143 Å². The Morgan fingerprint density at radius 1 is 1.21 bits per heavy atom. The van der Waals surface area contributed by atoms with Gasteiger partial charge in [-0.15, -0.1) is 0 Å². The van der Waals surface area contributed by atoms with E-state index >= 15 is 0 Å². The van der Waals surface area contributed by atoms with E-state index in [0.717, 1.165) is 13.1 Å². The summed E-state index contributed by atoms with van der Waals surface area (Å²) in [6, 6.07) is 5.20. The number of quaternary nitrogens is 1. The van der Waals surface area contributed by atoms with Gasteiger partial charge in [-0.05, 0) is 24.6 Å². The third-order valence-corrected chi connectivity index (χ3v) is 4.28. The van der Waals surface area contributed by atoms with Gasteiger partial charge in [0.25, 0.3) is 5.91 Å². The van der Waals surface area contributed by atoms with Gasteiger partial charge in [0.1, 0.15) is 5.75 Å². The molecule has 1 aliphatic rings. The Morgan fingerprint density at radius 2 is 1.88 bits per heavy atom. The van der Waals surface area contributed by atoms with E-state index in [1.807, 2.05) is 0 Å². The third kappa shape index (κ3) is 5.23. The lowest BCUT2D eigenvalue weighted by Gasteiger charge is -2.31. The first-order valence-corrected chi connectivity index (χ1v) is 8.46. The monoisotopic (exact) mass is 334 g/mol. The maximum Gasteiger partial charge on any atom is 0.279 e. The summed E-state index contributed by atoms with van der Waals surface area (Å²) in [4.78, 5) is 24.9. The molecule has 1 aromatic rings. The molecule has 1 aromatic carbocycles. The first-order chi connectivity index (χ1) is 11.4. The minimum atomic E-state index is -0.154. The van der Waals surface area contributed by atoms with Crippen LogP contribution in [0.3, 0.4) is 0 Å². The van der Waals surface area contributed by atoms with Gasteiger partial charge in [0.15, 0.2) is 6.54 Å². The average molecular weight is 334 g/mol. The molecular formula is C18H28N3O3+. The molecule has 1 saturated heterocycles. The van der Waals surface area contributed by atoms with Gasteiger partial charge in [-0.2, -0.15) is 0 Å². The quantitative estimate of drug-likeness (QED) is 0.756. The predicted molar refractivity (Wildman–Crippen MR) is 94.4 cm³/mol. The standard InChI is InChI=1S/C18H27N3O3/c1-12-7-13(2)10-21(9-12)11-18(23)20-16-8-15(19-14(3)22)5-6-17(16)24-4/h5-6,8,12-13H,7,9-11H2,1-4H3,(H,19,22)(H,20,23)/p+1/t12-,13+. The van der Waals surface area contributed by atoms with Gasteiger partial charge in [-0.3, -0.25) is 9.59 Å². The second kappa shape index (κ2) is 8.15. The van der Waals surface area contributed by atoms with Crippen molar-refractivity contribution >= 4 is 23.2 Å². The van der Waals surface area contributed by atoms with E-state index in [9.17, 15) is 9.59 Å². The maximum absolute atomic E-state index is 12.4. The van der Waals surface area contributed by atoms with Crippen LogP contribution in [0.25, 0.3) is 0 Å². The van der Waals surface area contributed by atoms with Crippen LogP contribution >= 0.6 is 0 Å². The Bertz CT molecular complexity index is 593. The van der Waals surface area contributed by atoms with Gasteiger partial charge in [0, 0.05) is 24.4 Å². The fourth-order valence-electron chi connectivity index (χ4n) is 3.57. The molecule has 1 fully saturated rings. The van der Waals surface area contributed by atoms with E-state index in [0.29, 0.717) is 35.5 Å². The molecule has 6 heteroatoms. The molecule has 0 saturated carbocycles. The van der Waals surface area contributed by atoms with E-state index in [-0.39, 0.29) is 11.8 Å². The van der Waals surface area contributed by atoms with E-state index in [4.69, 9.17) is 4.74 Å². The fourth-order valence-corrected chi connectivity index (χ4v) is 3.57. The molecule has 2 amide bonds. The predicted octanol–water partition coefficient (Wildman–Crippen LogP) is 1.15. The number of hydrogen-bond acceptors (Lipinski definition) is 3. The molecule has 0 radical (unpaired) electrons. The van der Waals surface area contributed by atoms with Crippen molar-refractivity contribution in [3.63, 3.8) is 0 Å². The molecular weight excluding hydrogens is 306 g/mol. The number of piperidine rings is 1. The van der Waals surface area contributed by atoms with Crippen LogP contribution in [0.2, 0.25) is 0 Å². The second-order valence-corrected chi connectivity index (χ2v) is 6.93. The van der Waals surface area contributed by atoms with Crippen LogP contribution in [-0.2, 0) is 9.59 Å². The van der Waals surface area contributed by atoms with Crippen LogP contribution in [0.4, 0.5) is 11.4 Å². The summed E-state index contributed by atoms with van der Waals surface area (Å²) in [5, 5.41) is 5.63. The Morgan fingerprint density at radius 3 is 2.46 bits per heavy atom. The van der Waals surface area contributed by atoms with E-state index in [1.165, 1.54) is 18.2 Å². The van der Waals surface area contributed by atoms with Crippen molar-refractivity contribution in [2.24, 2.45) is 11.8 Å². The van der Waals surface area contributed by atoms with Crippen LogP contribution in [0.1, 0.15) is 27.2 Å². The number of rotatable bonds is 5. The number of methoxy groups -OCH3 is 1. The number of nitrogens with one attached hydrogen (secondary N) is 3. The number of amides is 2. The van der Waals surface area contributed by atoms with E-state index < -0.39 is 0 Å². The van der Waals surface area contributed by atoms with Crippen molar-refractivity contribution in [3.05, 3.63) is 18.2 Å². The lowest BCUT2D eigenvalue weighted by Crippen LogP contribution is -3.15. The van der Waals surface area contributed by atoms with Crippen molar-refractivity contribution in [2.75, 3.05) is 37.4 Å². The largest absolute Gasteiger partial charge is 0.495 e. The molecule has 24 heavy (non-hydrogen) atoms. The topological polar surface area (TPSA) is 71.9 Å². The van der Waals surface area contributed by atoms with Crippen LogP contribution in [0.15, 0.2) is 18.2 Å². The summed E-state index contributed by atoms with van der Waals surface area (Å²) in [7, 11) is 1.56. The van der Waals surface area contributed by atoms with Crippen molar-refractivity contribution in [1.82, 2.24) is 0 Å². The van der Waals surface area contributed by atoms with Gasteiger partial charge < -0.3 is 20.3 Å². The summed E-state index contributed by atoms with van der Waals surface area (Å²) in [5.74, 6) is 1.68. The number of benzene rings is 1. The number of ether oxygens (including phenoxy) is 1. The van der Waals surface area contributed by atoms with Gasteiger partial charge in [-0.25, -0.2) is 0 Å². The van der Waals surface area contributed by atoms with Crippen molar-refractivity contribution in [2.45, 2.75) is 27.2 Å². The Balaban J connectivity index is 2.03. The van der Waals surface area contributed by atoms with Crippen molar-refractivity contribution in [3.8, 4) is 5.75 Å². The lowest BCUT2D eigenvalue weighted by atomic mass is 9.92. The molecule has 0 bridgehead atoms. The maximum atomic E-state index is 12.4. The van der Waals surface area contributed by atoms with Gasteiger partial charge in [-0.1, -0.05) is 13.8 Å². The normalized spacial score (nSPS) is 23.4. The highest BCUT2D eigenvalue weighted by Gasteiger charge is 2.26. The zero-order chi connectivity index (χ0) is 17.7. The second-order valence-electron chi connectivity index (χ2n) is 6.93. The van der Waals surface area contributed by atoms with E-state index in [2.05, 4.69) is 24.5 Å². The average Bonchev–Trinajstić information content (AvgIpc) is 2.45. The fraction of sp³-hybridized carbons (Fsp3) is 0.556. The molecule has 1 heterocycles. The highest BCUT2D eigenvalue weighted by molar-refractivity contribution is 5.95. The zero-order valence-electron chi connectivity index (χ0n) is 14.9. The van der Waals surface area contributed by atoms with Crippen molar-refractivity contribution in [1.29, 1.82) is 0 Å². The highest BCUT2D eigenvalue weighted by atomic mass is 16.5. The molecule has 0 aromatic heterocycles. The molecule has 1 aliphatic heterocycles. The van der Waals surface area contributed by atoms with Crippen LogP contribution in [0, 0.1) is 11.8 Å². The summed E-state index contributed by atoms with van der Waals surface area (Å²) in [6.07, 6.45) is 1.23. The number of anilines is 2.